The molecule has 2 aromatic carbocycles. The maximum atomic E-state index is 13.2. The molecule has 1 heterocycles. The number of carbonyl (C=O) groups is 2. The van der Waals surface area contributed by atoms with Gasteiger partial charge < -0.3 is 19.5 Å². The van der Waals surface area contributed by atoms with Crippen LogP contribution in [-0.2, 0) is 9.59 Å². The first-order valence-corrected chi connectivity index (χ1v) is 11.5. The summed E-state index contributed by atoms with van der Waals surface area (Å²) in [5, 5.41) is 11.6. The van der Waals surface area contributed by atoms with Gasteiger partial charge in [0.2, 0.25) is 0 Å². The van der Waals surface area contributed by atoms with E-state index in [9.17, 15) is 14.7 Å². The van der Waals surface area contributed by atoms with Crippen molar-refractivity contribution in [3.8, 4) is 11.5 Å². The molecule has 1 N–H and O–H groups in total. The van der Waals surface area contributed by atoms with Crippen molar-refractivity contribution in [2.75, 3.05) is 20.8 Å². The zero-order valence-corrected chi connectivity index (χ0v) is 20.6. The fraction of sp³-hybridized carbons (Fsp3) is 0.360. The monoisotopic (exact) mass is 491 g/mol. The predicted octanol–water partition coefficient (Wildman–Crippen LogP) is 5.93. The fourth-order valence-electron chi connectivity index (χ4n) is 4.12. The minimum atomic E-state index is -0.763. The maximum absolute atomic E-state index is 13.2. The van der Waals surface area contributed by atoms with Crippen LogP contribution in [0.3, 0.4) is 0 Å². The van der Waals surface area contributed by atoms with Gasteiger partial charge in [0, 0.05) is 6.54 Å². The molecule has 1 aliphatic rings. The van der Waals surface area contributed by atoms with Crippen LogP contribution in [0.5, 0.6) is 11.5 Å². The molecule has 8 heteroatoms. The molecule has 0 radical (unpaired) electrons. The van der Waals surface area contributed by atoms with E-state index in [1.165, 1.54) is 25.2 Å². The molecule has 0 saturated carbocycles. The topological polar surface area (TPSA) is 76.1 Å². The maximum Gasteiger partial charge on any atom is 0.295 e. The van der Waals surface area contributed by atoms with Gasteiger partial charge in [0.1, 0.15) is 10.8 Å². The highest BCUT2D eigenvalue weighted by Crippen LogP contribution is 2.47. The lowest BCUT2D eigenvalue weighted by molar-refractivity contribution is -0.139. The Morgan fingerprint density at radius 3 is 2.39 bits per heavy atom. The Morgan fingerprint density at radius 2 is 1.79 bits per heavy atom. The normalized spacial score (nSPS) is 17.5. The third kappa shape index (κ3) is 4.68. The highest BCUT2D eigenvalue weighted by molar-refractivity contribution is 6.47. The van der Waals surface area contributed by atoms with Crippen LogP contribution >= 0.6 is 23.2 Å². The molecule has 0 aromatic heterocycles. The fourth-order valence-corrected chi connectivity index (χ4v) is 4.81. The lowest BCUT2D eigenvalue weighted by Crippen LogP contribution is -2.30. The Balaban J connectivity index is 2.25. The number of methoxy groups -OCH3 is 2. The smallest absolute Gasteiger partial charge is 0.295 e. The van der Waals surface area contributed by atoms with Crippen molar-refractivity contribution in [3.05, 3.63) is 62.6 Å². The minimum absolute atomic E-state index is 0.0299. The SMILES string of the molecule is CCCCCN1C(=O)C(=O)/C(=C(/O)c2cc(Cl)c(OC)c(Cl)c2OC)C1c1cccc(C)c1. The summed E-state index contributed by atoms with van der Waals surface area (Å²) in [5.41, 5.74) is 1.78. The lowest BCUT2D eigenvalue weighted by atomic mass is 9.94. The van der Waals surface area contributed by atoms with Crippen LogP contribution in [0.1, 0.15) is 48.9 Å². The molecular weight excluding hydrogens is 465 g/mol. The number of hydrogen-bond donors (Lipinski definition) is 1. The molecule has 6 nitrogen and oxygen atoms in total. The van der Waals surface area contributed by atoms with E-state index in [2.05, 4.69) is 6.92 Å². The van der Waals surface area contributed by atoms with Gasteiger partial charge >= 0.3 is 0 Å². The summed E-state index contributed by atoms with van der Waals surface area (Å²) in [5.74, 6) is -1.54. The van der Waals surface area contributed by atoms with Crippen molar-refractivity contribution in [2.45, 2.75) is 39.2 Å². The van der Waals surface area contributed by atoms with Gasteiger partial charge in [-0.05, 0) is 25.0 Å². The molecule has 0 bridgehead atoms. The molecule has 1 atom stereocenters. The molecule has 2 aromatic rings. The summed E-state index contributed by atoms with van der Waals surface area (Å²) in [4.78, 5) is 27.7. The number of Topliss-reactive ketones (excluding diaryl/α,β-unsaturated/α-hetero) is 1. The number of benzene rings is 2. The van der Waals surface area contributed by atoms with Crippen LogP contribution in [0.2, 0.25) is 10.0 Å². The number of amides is 1. The molecule has 0 spiro atoms. The first-order chi connectivity index (χ1) is 15.8. The predicted molar refractivity (Wildman–Crippen MR) is 129 cm³/mol. The summed E-state index contributed by atoms with van der Waals surface area (Å²) < 4.78 is 10.6. The highest BCUT2D eigenvalue weighted by Gasteiger charge is 2.46. The van der Waals surface area contributed by atoms with Crippen molar-refractivity contribution >= 4 is 40.7 Å². The van der Waals surface area contributed by atoms with E-state index in [-0.39, 0.29) is 32.7 Å². The van der Waals surface area contributed by atoms with Crippen LogP contribution in [0.4, 0.5) is 0 Å². The molecule has 176 valence electrons. The number of ketones is 1. The van der Waals surface area contributed by atoms with Crippen LogP contribution in [0, 0.1) is 6.92 Å². The molecule has 0 aliphatic carbocycles. The first kappa shape index (κ1) is 24.9. The summed E-state index contributed by atoms with van der Waals surface area (Å²) in [6.07, 6.45) is 2.63. The molecule has 1 aliphatic heterocycles. The van der Waals surface area contributed by atoms with Gasteiger partial charge in [-0.25, -0.2) is 0 Å². The van der Waals surface area contributed by atoms with E-state index >= 15 is 0 Å². The van der Waals surface area contributed by atoms with E-state index in [0.29, 0.717) is 6.54 Å². The third-order valence-corrected chi connectivity index (χ3v) is 6.32. The van der Waals surface area contributed by atoms with E-state index in [4.69, 9.17) is 32.7 Å². The Bertz CT molecular complexity index is 1110. The Morgan fingerprint density at radius 1 is 1.09 bits per heavy atom. The van der Waals surface area contributed by atoms with Crippen molar-refractivity contribution in [2.24, 2.45) is 0 Å². The van der Waals surface area contributed by atoms with E-state index in [0.717, 1.165) is 30.4 Å². The van der Waals surface area contributed by atoms with E-state index in [1.54, 1.807) is 0 Å². The van der Waals surface area contributed by atoms with E-state index < -0.39 is 23.5 Å². The van der Waals surface area contributed by atoms with Crippen molar-refractivity contribution in [3.63, 3.8) is 0 Å². The van der Waals surface area contributed by atoms with Gasteiger partial charge in [0.15, 0.2) is 11.5 Å². The number of rotatable bonds is 8. The van der Waals surface area contributed by atoms with Gasteiger partial charge in [-0.3, -0.25) is 9.59 Å². The Labute approximate surface area is 203 Å². The van der Waals surface area contributed by atoms with Crippen molar-refractivity contribution < 1.29 is 24.2 Å². The molecule has 1 fully saturated rings. The number of hydrogen-bond acceptors (Lipinski definition) is 5. The van der Waals surface area contributed by atoms with Crippen molar-refractivity contribution in [1.29, 1.82) is 0 Å². The second-order valence-corrected chi connectivity index (χ2v) is 8.69. The molecule has 1 unspecified atom stereocenters. The number of aliphatic hydroxyl groups is 1. The summed E-state index contributed by atoms with van der Waals surface area (Å²) in [7, 11) is 2.79. The number of carbonyl (C=O) groups excluding carboxylic acids is 2. The van der Waals surface area contributed by atoms with Gasteiger partial charge in [-0.15, -0.1) is 0 Å². The van der Waals surface area contributed by atoms with Crippen LogP contribution in [0.25, 0.3) is 5.76 Å². The average Bonchev–Trinajstić information content (AvgIpc) is 3.03. The summed E-state index contributed by atoms with van der Waals surface area (Å²) >= 11 is 12.7. The molecule has 33 heavy (non-hydrogen) atoms. The van der Waals surface area contributed by atoms with Gasteiger partial charge in [-0.2, -0.15) is 0 Å². The number of unbranched alkanes of at least 4 members (excludes halogenated alkanes) is 2. The standard InChI is InChI=1S/C25H27Cl2NO5/c1-5-6-7-11-28-20(15-10-8-9-14(2)12-15)18(22(30)25(28)31)21(29)16-13-17(26)24(33-4)19(27)23(16)32-3/h8-10,12-13,20,29H,5-7,11H2,1-4H3/b21-18+. The zero-order chi connectivity index (χ0) is 24.3. The first-order valence-electron chi connectivity index (χ1n) is 10.7. The quantitative estimate of drug-likeness (QED) is 0.214. The van der Waals surface area contributed by atoms with Crippen LogP contribution in [-0.4, -0.2) is 42.5 Å². The van der Waals surface area contributed by atoms with Crippen LogP contribution < -0.4 is 9.47 Å². The number of halogens is 2. The summed E-state index contributed by atoms with van der Waals surface area (Å²) in [6, 6.07) is 8.21. The third-order valence-electron chi connectivity index (χ3n) is 5.70. The number of aryl methyl sites for hydroxylation is 1. The largest absolute Gasteiger partial charge is 0.507 e. The number of ether oxygens (including phenoxy) is 2. The van der Waals surface area contributed by atoms with Gasteiger partial charge in [-0.1, -0.05) is 72.8 Å². The molecule has 1 amide bonds. The summed E-state index contributed by atoms with van der Waals surface area (Å²) in [6.45, 7) is 4.39. The number of nitrogens with zero attached hydrogens (tertiary/aromatic N) is 1. The lowest BCUT2D eigenvalue weighted by Gasteiger charge is -2.26. The van der Waals surface area contributed by atoms with Gasteiger partial charge in [0.25, 0.3) is 11.7 Å². The molecular formula is C25H27Cl2NO5. The second kappa shape index (κ2) is 10.5. The zero-order valence-electron chi connectivity index (χ0n) is 19.1. The van der Waals surface area contributed by atoms with Crippen molar-refractivity contribution in [1.82, 2.24) is 4.90 Å². The molecule has 1 saturated heterocycles. The minimum Gasteiger partial charge on any atom is -0.507 e. The van der Waals surface area contributed by atoms with Gasteiger partial charge in [0.05, 0.1) is 36.4 Å². The average molecular weight is 492 g/mol. The Hall–Kier alpha value is -2.70. The molecule has 3 rings (SSSR count). The number of aliphatic hydroxyl groups excluding tert-OH is 1. The highest BCUT2D eigenvalue weighted by atomic mass is 35.5. The van der Waals surface area contributed by atoms with Crippen LogP contribution in [0.15, 0.2) is 35.9 Å². The van der Waals surface area contributed by atoms with E-state index in [1.807, 2.05) is 31.2 Å². The Kier molecular flexibility index (Phi) is 7.92. The number of likely N-dealkylation sites (tertiary alicyclic amines) is 1. The second-order valence-electron chi connectivity index (χ2n) is 7.90.